The van der Waals surface area contributed by atoms with E-state index in [0.29, 0.717) is 5.57 Å². The van der Waals surface area contributed by atoms with Gasteiger partial charge in [0.25, 0.3) is 0 Å². The third-order valence-electron chi connectivity index (χ3n) is 4.91. The Hall–Kier alpha value is -1.49. The molecule has 1 unspecified atom stereocenters. The van der Waals surface area contributed by atoms with Crippen molar-refractivity contribution in [3.8, 4) is 0 Å². The van der Waals surface area contributed by atoms with Crippen LogP contribution in [0.2, 0.25) is 0 Å². The molecule has 30 heavy (non-hydrogen) atoms. The lowest BCUT2D eigenvalue weighted by molar-refractivity contribution is -0.142. The van der Waals surface area contributed by atoms with Gasteiger partial charge < -0.3 is 15.3 Å². The highest BCUT2D eigenvalue weighted by Crippen LogP contribution is 2.24. The van der Waals surface area contributed by atoms with E-state index in [1.54, 1.807) is 31.9 Å². The van der Waals surface area contributed by atoms with Crippen molar-refractivity contribution in [3.63, 3.8) is 0 Å². The Kier molecular flexibility index (Phi) is 11.8. The fourth-order valence-electron chi connectivity index (χ4n) is 2.86. The fraction of sp³-hybridized carbons (Fsp3) is 0.714. The summed E-state index contributed by atoms with van der Waals surface area (Å²) in [4.78, 5) is 50.2. The Morgan fingerprint density at radius 3 is 2.07 bits per heavy atom. The van der Waals surface area contributed by atoms with E-state index in [4.69, 9.17) is 0 Å². The van der Waals surface area contributed by atoms with Gasteiger partial charge in [0.2, 0.25) is 11.8 Å². The molecule has 0 radical (unpaired) electrons. The standard InChI is InChI=1S/C21H36IN3O5/c1-9-14(26)11-15(20(29)30)23-18(27)13(4)10-16(12(2)3)25(8)19(28)17(24-22)21(5,6)7/h10,12,15-17,24H,9,11H2,1-8H3,(H,23,27)(H,29,30)/b13-10+/t15?,16-,17-/m1/s1. The van der Waals surface area contributed by atoms with E-state index in [9.17, 15) is 24.3 Å². The molecule has 0 aromatic heterocycles. The fourth-order valence-corrected chi connectivity index (χ4v) is 4.06. The summed E-state index contributed by atoms with van der Waals surface area (Å²) in [7, 11) is 1.70. The number of carbonyl (C=O) groups is 4. The molecule has 0 aliphatic heterocycles. The predicted octanol–water partition coefficient (Wildman–Crippen LogP) is 2.71. The number of hydrogen-bond donors (Lipinski definition) is 3. The molecule has 3 atom stereocenters. The molecule has 0 heterocycles. The smallest absolute Gasteiger partial charge is 0.326 e. The maximum absolute atomic E-state index is 13.1. The molecule has 172 valence electrons. The van der Waals surface area contributed by atoms with Gasteiger partial charge in [0.15, 0.2) is 0 Å². The van der Waals surface area contributed by atoms with Gasteiger partial charge >= 0.3 is 5.97 Å². The van der Waals surface area contributed by atoms with Crippen LogP contribution >= 0.6 is 22.9 Å². The molecule has 0 saturated carbocycles. The summed E-state index contributed by atoms with van der Waals surface area (Å²) in [5, 5.41) is 11.7. The lowest BCUT2D eigenvalue weighted by Gasteiger charge is -2.36. The molecule has 0 spiro atoms. The van der Waals surface area contributed by atoms with Crippen molar-refractivity contribution >= 4 is 46.4 Å². The second kappa shape index (κ2) is 12.4. The lowest BCUT2D eigenvalue weighted by atomic mass is 9.86. The zero-order valence-corrected chi connectivity index (χ0v) is 21.4. The van der Waals surface area contributed by atoms with Crippen molar-refractivity contribution < 1.29 is 24.3 Å². The molecule has 0 rings (SSSR count). The van der Waals surface area contributed by atoms with Crippen LogP contribution in [0, 0.1) is 11.3 Å². The van der Waals surface area contributed by atoms with Gasteiger partial charge in [-0.25, -0.2) is 8.32 Å². The summed E-state index contributed by atoms with van der Waals surface area (Å²) < 4.78 is 3.04. The maximum atomic E-state index is 13.1. The third kappa shape index (κ3) is 8.71. The first-order valence-corrected chi connectivity index (χ1v) is 11.1. The molecule has 0 fully saturated rings. The van der Waals surface area contributed by atoms with E-state index < -0.39 is 24.0 Å². The van der Waals surface area contributed by atoms with Gasteiger partial charge in [-0.3, -0.25) is 14.4 Å². The average molecular weight is 537 g/mol. The highest BCUT2D eigenvalue weighted by Gasteiger charge is 2.35. The first kappa shape index (κ1) is 28.5. The number of nitrogens with zero attached hydrogens (tertiary/aromatic N) is 1. The number of carboxylic acids is 1. The van der Waals surface area contributed by atoms with Gasteiger partial charge in [0.05, 0.1) is 6.04 Å². The van der Waals surface area contributed by atoms with Gasteiger partial charge in [-0.2, -0.15) is 0 Å². The number of amides is 2. The second-order valence-corrected chi connectivity index (χ2v) is 9.53. The number of halogens is 1. The minimum atomic E-state index is -1.28. The van der Waals surface area contributed by atoms with E-state index in [1.165, 1.54) is 0 Å². The summed E-state index contributed by atoms with van der Waals surface area (Å²) in [5.41, 5.74) is -0.0108. The molecular formula is C21H36IN3O5. The number of nitrogens with one attached hydrogen (secondary N) is 2. The van der Waals surface area contributed by atoms with Gasteiger partial charge in [0, 0.05) is 48.3 Å². The molecule has 8 nitrogen and oxygen atoms in total. The summed E-state index contributed by atoms with van der Waals surface area (Å²) >= 11 is 1.97. The minimum absolute atomic E-state index is 0.0217. The van der Waals surface area contributed by atoms with E-state index >= 15 is 0 Å². The Morgan fingerprint density at radius 2 is 1.70 bits per heavy atom. The van der Waals surface area contributed by atoms with Crippen LogP contribution in [0.5, 0.6) is 0 Å². The highest BCUT2D eigenvalue weighted by atomic mass is 127. The van der Waals surface area contributed by atoms with Crippen LogP contribution in [0.1, 0.15) is 61.3 Å². The van der Waals surface area contributed by atoms with Crippen molar-refractivity contribution in [2.75, 3.05) is 7.05 Å². The lowest BCUT2D eigenvalue weighted by Crippen LogP contribution is -2.52. The first-order chi connectivity index (χ1) is 13.7. The molecule has 0 aliphatic rings. The number of hydrogen-bond acceptors (Lipinski definition) is 5. The van der Waals surface area contributed by atoms with Gasteiger partial charge in [-0.1, -0.05) is 47.6 Å². The monoisotopic (exact) mass is 537 g/mol. The Morgan fingerprint density at radius 1 is 1.17 bits per heavy atom. The van der Waals surface area contributed by atoms with Crippen LogP contribution in [0.25, 0.3) is 0 Å². The molecule has 3 N–H and O–H groups in total. The van der Waals surface area contributed by atoms with Crippen molar-refractivity contribution in [1.29, 1.82) is 0 Å². The molecule has 0 aliphatic carbocycles. The SMILES string of the molecule is CCC(=O)CC(NC(=O)/C(C)=C/[C@H](C(C)C)N(C)C(=O)[C@@H](NI)C(C)(C)C)C(=O)O. The van der Waals surface area contributed by atoms with Crippen LogP contribution in [-0.4, -0.2) is 58.7 Å². The van der Waals surface area contributed by atoms with E-state index in [2.05, 4.69) is 8.85 Å². The molecule has 0 bridgehead atoms. The Balaban J connectivity index is 5.60. The van der Waals surface area contributed by atoms with E-state index in [-0.39, 0.29) is 41.9 Å². The van der Waals surface area contributed by atoms with Crippen LogP contribution in [0.15, 0.2) is 11.6 Å². The summed E-state index contributed by atoms with van der Waals surface area (Å²) in [6.45, 7) is 13.0. The van der Waals surface area contributed by atoms with Gasteiger partial charge in [-0.05, 0) is 18.3 Å². The summed E-state index contributed by atoms with van der Waals surface area (Å²) in [6, 6.07) is -2.06. The van der Waals surface area contributed by atoms with Gasteiger partial charge in [-0.15, -0.1) is 0 Å². The van der Waals surface area contributed by atoms with Crippen molar-refractivity contribution in [3.05, 3.63) is 11.6 Å². The normalized spacial score (nSPS) is 15.3. The Bertz CT molecular complexity index is 670. The van der Waals surface area contributed by atoms with Crippen LogP contribution < -0.4 is 8.85 Å². The quantitative estimate of drug-likeness (QED) is 0.212. The third-order valence-corrected chi connectivity index (χ3v) is 5.53. The maximum Gasteiger partial charge on any atom is 0.326 e. The first-order valence-electron chi connectivity index (χ1n) is 10.0. The second-order valence-electron chi connectivity index (χ2n) is 8.90. The number of Topliss-reactive ketones (excluding diaryl/α,β-unsaturated/α-hetero) is 1. The zero-order valence-electron chi connectivity index (χ0n) is 19.2. The predicted molar refractivity (Wildman–Crippen MR) is 125 cm³/mol. The van der Waals surface area contributed by atoms with Crippen molar-refractivity contribution in [2.24, 2.45) is 11.3 Å². The number of carbonyl (C=O) groups excluding carboxylic acids is 3. The molecule has 0 aromatic rings. The molecule has 2 amide bonds. The van der Waals surface area contributed by atoms with Crippen molar-refractivity contribution in [2.45, 2.75) is 79.4 Å². The van der Waals surface area contributed by atoms with Crippen LogP contribution in [0.4, 0.5) is 0 Å². The molecule has 9 heteroatoms. The largest absolute Gasteiger partial charge is 0.480 e. The molecule has 0 saturated heterocycles. The van der Waals surface area contributed by atoms with Crippen LogP contribution in [-0.2, 0) is 19.2 Å². The number of rotatable bonds is 11. The minimum Gasteiger partial charge on any atom is -0.480 e. The average Bonchev–Trinajstić information content (AvgIpc) is 2.63. The number of aliphatic carboxylic acids is 1. The van der Waals surface area contributed by atoms with E-state index in [1.807, 2.05) is 57.5 Å². The number of likely N-dealkylation sites (N-methyl/N-ethyl adjacent to an activating group) is 1. The van der Waals surface area contributed by atoms with Crippen molar-refractivity contribution in [1.82, 2.24) is 13.7 Å². The number of carboxylic acid groups (broad SMARTS) is 1. The summed E-state index contributed by atoms with van der Waals surface area (Å²) in [6.07, 6.45) is 1.62. The van der Waals surface area contributed by atoms with Crippen LogP contribution in [0.3, 0.4) is 0 Å². The number of ketones is 1. The topological polar surface area (TPSA) is 116 Å². The zero-order chi connectivity index (χ0) is 23.8. The molecular weight excluding hydrogens is 501 g/mol. The Labute approximate surface area is 193 Å². The van der Waals surface area contributed by atoms with E-state index in [0.717, 1.165) is 0 Å². The summed E-state index contributed by atoms with van der Waals surface area (Å²) in [5.74, 6) is -2.15. The highest BCUT2D eigenvalue weighted by molar-refractivity contribution is 14.1. The van der Waals surface area contributed by atoms with Gasteiger partial charge in [0.1, 0.15) is 17.9 Å². The molecule has 0 aromatic carbocycles.